The van der Waals surface area contributed by atoms with Crippen LogP contribution in [0.4, 0.5) is 13.2 Å². The Labute approximate surface area is 196 Å². The van der Waals surface area contributed by atoms with Crippen LogP contribution in [0.2, 0.25) is 0 Å². The summed E-state index contributed by atoms with van der Waals surface area (Å²) in [5.41, 5.74) is 1.12. The summed E-state index contributed by atoms with van der Waals surface area (Å²) in [6, 6.07) is 14.6. The van der Waals surface area contributed by atoms with Crippen LogP contribution in [0, 0.1) is 6.92 Å². The van der Waals surface area contributed by atoms with Crippen molar-refractivity contribution in [1.29, 1.82) is 0 Å². The molecule has 0 saturated carbocycles. The summed E-state index contributed by atoms with van der Waals surface area (Å²) in [6.45, 7) is 5.70. The normalized spacial score (nSPS) is 16.6. The van der Waals surface area contributed by atoms with Gasteiger partial charge in [0.25, 0.3) is 0 Å². The third-order valence-electron chi connectivity index (χ3n) is 5.71. The number of benzene rings is 2. The smallest absolute Gasteiger partial charge is 0.419 e. The van der Waals surface area contributed by atoms with Gasteiger partial charge in [0.2, 0.25) is 0 Å². The molecule has 1 radical (unpaired) electrons. The number of alkyl halides is 3. The molecule has 1 saturated heterocycles. The van der Waals surface area contributed by atoms with Crippen molar-refractivity contribution < 1.29 is 55.1 Å². The SMILES string of the molecule is Cc1cccc(C(F)(F)F)c1OCC[N+]1(Cc2ccccc2)CCCCCC1.[Y]. The van der Waals surface area contributed by atoms with Crippen LogP contribution < -0.4 is 4.74 Å². The molecule has 2 nitrogen and oxygen atoms in total. The summed E-state index contributed by atoms with van der Waals surface area (Å²) in [5, 5.41) is 0. The maximum absolute atomic E-state index is 13.3. The number of aryl methyl sites for hydroxylation is 1. The number of quaternary nitrogens is 1. The fourth-order valence-corrected chi connectivity index (χ4v) is 4.20. The van der Waals surface area contributed by atoms with Gasteiger partial charge in [0, 0.05) is 38.3 Å². The van der Waals surface area contributed by atoms with Gasteiger partial charge in [-0.3, -0.25) is 0 Å². The first kappa shape index (κ1) is 24.4. The first-order valence-electron chi connectivity index (χ1n) is 10.1. The molecule has 0 amide bonds. The molecule has 29 heavy (non-hydrogen) atoms. The number of rotatable bonds is 6. The molecule has 1 heterocycles. The van der Waals surface area contributed by atoms with Gasteiger partial charge in [0.05, 0.1) is 18.7 Å². The molecule has 0 N–H and O–H groups in total. The fourth-order valence-electron chi connectivity index (χ4n) is 4.20. The topological polar surface area (TPSA) is 9.23 Å². The van der Waals surface area contributed by atoms with Gasteiger partial charge < -0.3 is 9.22 Å². The molecular formula is C23H29F3NOY+. The van der Waals surface area contributed by atoms with Crippen LogP contribution in [-0.4, -0.2) is 30.7 Å². The average Bonchev–Trinajstić information content (AvgIpc) is 2.89. The molecule has 1 aliphatic rings. The van der Waals surface area contributed by atoms with Gasteiger partial charge in [-0.05, 0) is 44.2 Å². The van der Waals surface area contributed by atoms with Gasteiger partial charge in [-0.25, -0.2) is 0 Å². The van der Waals surface area contributed by atoms with Crippen molar-refractivity contribution in [1.82, 2.24) is 0 Å². The van der Waals surface area contributed by atoms with Crippen molar-refractivity contribution in [2.75, 3.05) is 26.2 Å². The van der Waals surface area contributed by atoms with E-state index in [-0.39, 0.29) is 38.5 Å². The largest absolute Gasteiger partial charge is 0.487 e. The van der Waals surface area contributed by atoms with Crippen LogP contribution in [0.15, 0.2) is 48.5 Å². The summed E-state index contributed by atoms with van der Waals surface area (Å²) in [5.74, 6) is -0.0253. The van der Waals surface area contributed by atoms with Crippen LogP contribution in [0.25, 0.3) is 0 Å². The van der Waals surface area contributed by atoms with E-state index in [0.29, 0.717) is 12.2 Å². The van der Waals surface area contributed by atoms with E-state index < -0.39 is 11.7 Å². The molecule has 0 bridgehead atoms. The minimum Gasteiger partial charge on any atom is -0.487 e. The number of nitrogens with zero attached hydrogens (tertiary/aromatic N) is 1. The third kappa shape index (κ3) is 6.80. The predicted octanol–water partition coefficient (Wildman–Crippen LogP) is 5.98. The van der Waals surface area contributed by atoms with E-state index in [2.05, 4.69) is 12.1 Å². The minimum absolute atomic E-state index is 0. The van der Waals surface area contributed by atoms with Crippen LogP contribution in [0.3, 0.4) is 0 Å². The van der Waals surface area contributed by atoms with Gasteiger partial charge in [0.1, 0.15) is 25.4 Å². The molecule has 2 aromatic rings. The Hall–Kier alpha value is -0.906. The Morgan fingerprint density at radius 1 is 0.897 bits per heavy atom. The zero-order valence-electron chi connectivity index (χ0n) is 17.0. The summed E-state index contributed by atoms with van der Waals surface area (Å²) in [4.78, 5) is 0. The monoisotopic (exact) mass is 481 g/mol. The molecule has 3 rings (SSSR count). The number of likely N-dealkylation sites (tertiary alicyclic amines) is 1. The maximum atomic E-state index is 13.3. The van der Waals surface area contributed by atoms with Crippen molar-refractivity contribution in [3.63, 3.8) is 0 Å². The number of hydrogen-bond acceptors (Lipinski definition) is 1. The molecule has 155 valence electrons. The molecule has 0 aromatic heterocycles. The molecular weight excluding hydrogens is 452 g/mol. The van der Waals surface area contributed by atoms with E-state index in [1.54, 1.807) is 13.0 Å². The number of ether oxygens (including phenoxy) is 1. The van der Waals surface area contributed by atoms with Crippen molar-refractivity contribution in [2.45, 2.75) is 45.3 Å². The van der Waals surface area contributed by atoms with Gasteiger partial charge in [-0.2, -0.15) is 13.2 Å². The van der Waals surface area contributed by atoms with Gasteiger partial charge in [-0.15, -0.1) is 0 Å². The van der Waals surface area contributed by atoms with Crippen LogP contribution in [0.5, 0.6) is 5.75 Å². The minimum atomic E-state index is -4.40. The second kappa shape index (κ2) is 10.9. The second-order valence-electron chi connectivity index (χ2n) is 7.87. The van der Waals surface area contributed by atoms with E-state index in [4.69, 9.17) is 4.74 Å². The van der Waals surface area contributed by atoms with Crippen molar-refractivity contribution in [3.05, 3.63) is 65.2 Å². The molecule has 0 atom stereocenters. The van der Waals surface area contributed by atoms with E-state index >= 15 is 0 Å². The van der Waals surface area contributed by atoms with Crippen molar-refractivity contribution in [2.24, 2.45) is 0 Å². The predicted molar refractivity (Wildman–Crippen MR) is 105 cm³/mol. The Balaban J connectivity index is 0.00000300. The van der Waals surface area contributed by atoms with E-state index in [1.807, 2.05) is 18.2 Å². The quantitative estimate of drug-likeness (QED) is 0.462. The summed E-state index contributed by atoms with van der Waals surface area (Å²) < 4.78 is 46.7. The number of halogens is 3. The van der Waals surface area contributed by atoms with E-state index in [1.165, 1.54) is 24.5 Å². The average molecular weight is 481 g/mol. The van der Waals surface area contributed by atoms with Crippen LogP contribution in [0.1, 0.15) is 42.4 Å². The van der Waals surface area contributed by atoms with E-state index in [0.717, 1.165) is 49.6 Å². The molecule has 2 aromatic carbocycles. The standard InChI is InChI=1S/C23H29F3NO.Y/c1-19-10-9-13-21(23(24,25)26)22(19)28-17-16-27(14-7-2-3-8-15-27)18-20-11-5-4-6-12-20;/h4-6,9-13H,2-3,7-8,14-18H2,1H3;/q+1;. The van der Waals surface area contributed by atoms with Crippen molar-refractivity contribution in [3.8, 4) is 5.75 Å². The summed E-state index contributed by atoms with van der Waals surface area (Å²) in [7, 11) is 0. The number of para-hydroxylation sites is 1. The first-order chi connectivity index (χ1) is 13.4. The zero-order valence-corrected chi connectivity index (χ0v) is 19.9. The molecule has 1 fully saturated rings. The zero-order chi connectivity index (χ0) is 20.0. The molecule has 0 aliphatic carbocycles. The van der Waals surface area contributed by atoms with Gasteiger partial charge in [0.15, 0.2) is 0 Å². The van der Waals surface area contributed by atoms with Gasteiger partial charge in [-0.1, -0.05) is 42.5 Å². The molecule has 0 unspecified atom stereocenters. The maximum Gasteiger partial charge on any atom is 0.419 e. The van der Waals surface area contributed by atoms with Crippen LogP contribution in [-0.2, 0) is 45.4 Å². The molecule has 0 spiro atoms. The second-order valence-corrected chi connectivity index (χ2v) is 7.87. The first-order valence-corrected chi connectivity index (χ1v) is 10.1. The Bertz CT molecular complexity index is 756. The number of hydrogen-bond donors (Lipinski definition) is 0. The summed E-state index contributed by atoms with van der Waals surface area (Å²) in [6.07, 6.45) is 0.369. The Kier molecular flexibility index (Phi) is 9.18. The fraction of sp³-hybridized carbons (Fsp3) is 0.478. The third-order valence-corrected chi connectivity index (χ3v) is 5.71. The van der Waals surface area contributed by atoms with E-state index in [9.17, 15) is 13.2 Å². The molecule has 6 heteroatoms. The van der Waals surface area contributed by atoms with Gasteiger partial charge >= 0.3 is 6.18 Å². The molecule has 1 aliphatic heterocycles. The Morgan fingerprint density at radius 2 is 1.55 bits per heavy atom. The summed E-state index contributed by atoms with van der Waals surface area (Å²) >= 11 is 0. The Morgan fingerprint density at radius 3 is 2.17 bits per heavy atom. The van der Waals surface area contributed by atoms with Crippen LogP contribution >= 0.6 is 0 Å². The van der Waals surface area contributed by atoms with Crippen molar-refractivity contribution >= 4 is 0 Å².